The van der Waals surface area contributed by atoms with Gasteiger partial charge in [0.1, 0.15) is 6.54 Å². The average molecular weight is 297 g/mol. The number of primary amides is 1. The molecule has 0 bridgehead atoms. The maximum absolute atomic E-state index is 12.6. The predicted molar refractivity (Wildman–Crippen MR) is 75.5 cm³/mol. The van der Waals surface area contributed by atoms with Crippen molar-refractivity contribution in [2.24, 2.45) is 11.1 Å². The molecule has 3 N–H and O–H groups in total. The molecular weight excluding hydrogens is 274 g/mol. The Hall–Kier alpha value is -1.79. The van der Waals surface area contributed by atoms with Crippen LogP contribution in [0.15, 0.2) is 0 Å². The zero-order valence-corrected chi connectivity index (χ0v) is 12.4. The highest BCUT2D eigenvalue weighted by atomic mass is 16.4. The maximum atomic E-state index is 12.6. The summed E-state index contributed by atoms with van der Waals surface area (Å²) in [6.07, 6.45) is 4.27. The molecule has 1 saturated carbocycles. The minimum Gasteiger partial charge on any atom is -0.481 e. The van der Waals surface area contributed by atoms with Gasteiger partial charge in [-0.1, -0.05) is 12.8 Å². The summed E-state index contributed by atoms with van der Waals surface area (Å²) in [4.78, 5) is 38.2. The molecule has 118 valence electrons. The number of hydrogen-bond donors (Lipinski definition) is 2. The molecule has 2 aliphatic rings. The molecule has 1 aliphatic carbocycles. The first-order chi connectivity index (χ1) is 9.83. The molecule has 0 aromatic rings. The Labute approximate surface area is 124 Å². The van der Waals surface area contributed by atoms with Crippen molar-refractivity contribution in [3.63, 3.8) is 0 Å². The number of carboxylic acids is 1. The summed E-state index contributed by atoms with van der Waals surface area (Å²) in [7, 11) is 0. The second-order valence-electron chi connectivity index (χ2n) is 6.35. The molecule has 3 amide bonds. The first-order valence-corrected chi connectivity index (χ1v) is 7.41. The van der Waals surface area contributed by atoms with Crippen molar-refractivity contribution >= 4 is 17.9 Å². The van der Waals surface area contributed by atoms with Gasteiger partial charge < -0.3 is 20.6 Å². The third kappa shape index (κ3) is 3.28. The van der Waals surface area contributed by atoms with Gasteiger partial charge in [0.2, 0.25) is 5.91 Å². The van der Waals surface area contributed by atoms with Gasteiger partial charge in [0.15, 0.2) is 0 Å². The van der Waals surface area contributed by atoms with Gasteiger partial charge >= 0.3 is 12.0 Å². The minimum atomic E-state index is -0.899. The maximum Gasteiger partial charge on any atom is 0.320 e. The minimum absolute atomic E-state index is 0.0432. The molecule has 0 aromatic carbocycles. The van der Waals surface area contributed by atoms with Crippen molar-refractivity contribution in [3.8, 4) is 0 Å². The molecule has 1 heterocycles. The zero-order valence-electron chi connectivity index (χ0n) is 12.4. The Balaban J connectivity index is 2.08. The molecular formula is C14H23N3O4. The molecule has 1 aliphatic heterocycles. The summed E-state index contributed by atoms with van der Waals surface area (Å²) in [6.45, 7) is 2.15. The molecule has 21 heavy (non-hydrogen) atoms. The summed E-state index contributed by atoms with van der Waals surface area (Å²) in [5.41, 5.74) is 4.35. The highest BCUT2D eigenvalue weighted by molar-refractivity contribution is 5.84. The largest absolute Gasteiger partial charge is 0.481 e. The molecule has 7 nitrogen and oxygen atoms in total. The van der Waals surface area contributed by atoms with Crippen LogP contribution in [0.3, 0.4) is 0 Å². The summed E-state index contributed by atoms with van der Waals surface area (Å²) in [5.74, 6) is -1.42. The van der Waals surface area contributed by atoms with Crippen LogP contribution >= 0.6 is 0 Å². The highest BCUT2D eigenvalue weighted by Gasteiger charge is 2.44. The number of carboxylic acid groups (broad SMARTS) is 1. The van der Waals surface area contributed by atoms with Gasteiger partial charge in [-0.2, -0.15) is 0 Å². The van der Waals surface area contributed by atoms with Crippen LogP contribution in [0.2, 0.25) is 0 Å². The number of urea groups is 1. The predicted octanol–water partition coefficient (Wildman–Crippen LogP) is 0.633. The number of likely N-dealkylation sites (tertiary alicyclic amines) is 1. The van der Waals surface area contributed by atoms with E-state index in [4.69, 9.17) is 5.73 Å². The summed E-state index contributed by atoms with van der Waals surface area (Å²) in [6, 6.07) is -0.215. The van der Waals surface area contributed by atoms with Crippen LogP contribution in [0.25, 0.3) is 0 Å². The lowest BCUT2D eigenvalue weighted by Crippen LogP contribution is -2.50. The molecule has 1 unspecified atom stereocenters. The summed E-state index contributed by atoms with van der Waals surface area (Å²) >= 11 is 0. The first kappa shape index (κ1) is 15.6. The number of hydrogen-bond acceptors (Lipinski definition) is 3. The smallest absolute Gasteiger partial charge is 0.320 e. The lowest BCUT2D eigenvalue weighted by atomic mass is 9.90. The zero-order chi connectivity index (χ0) is 15.6. The fraction of sp³-hybridized carbons (Fsp3) is 0.786. The van der Waals surface area contributed by atoms with E-state index in [0.717, 1.165) is 25.7 Å². The van der Waals surface area contributed by atoms with E-state index in [1.165, 1.54) is 9.80 Å². The van der Waals surface area contributed by atoms with Gasteiger partial charge in [-0.3, -0.25) is 9.59 Å². The van der Waals surface area contributed by atoms with Gasteiger partial charge in [-0.15, -0.1) is 0 Å². The van der Waals surface area contributed by atoms with Gasteiger partial charge in [-0.25, -0.2) is 4.79 Å². The van der Waals surface area contributed by atoms with E-state index in [9.17, 15) is 19.5 Å². The number of nitrogens with zero attached hydrogens (tertiary/aromatic N) is 2. The quantitative estimate of drug-likeness (QED) is 0.794. The molecule has 7 heteroatoms. The van der Waals surface area contributed by atoms with Crippen LogP contribution in [0, 0.1) is 5.41 Å². The standard InChI is InChI=1S/C14H23N3O4/c1-14(12(19)20)6-7-16(9-14)13(21)17(8-11(15)18)10-4-2-3-5-10/h10H,2-9H2,1H3,(H2,15,18)(H,19,20). The number of carbonyl (C=O) groups excluding carboxylic acids is 2. The van der Waals surface area contributed by atoms with Gasteiger partial charge in [0.05, 0.1) is 5.41 Å². The van der Waals surface area contributed by atoms with E-state index in [2.05, 4.69) is 0 Å². The van der Waals surface area contributed by atoms with Crippen molar-refractivity contribution in [2.45, 2.75) is 45.1 Å². The average Bonchev–Trinajstić information content (AvgIpc) is 3.05. The fourth-order valence-corrected chi connectivity index (χ4v) is 3.22. The van der Waals surface area contributed by atoms with Crippen molar-refractivity contribution in [2.75, 3.05) is 19.6 Å². The van der Waals surface area contributed by atoms with Crippen LogP contribution in [0.5, 0.6) is 0 Å². The van der Waals surface area contributed by atoms with Crippen LogP contribution < -0.4 is 5.73 Å². The van der Waals surface area contributed by atoms with E-state index >= 15 is 0 Å². The van der Waals surface area contributed by atoms with E-state index in [-0.39, 0.29) is 25.2 Å². The van der Waals surface area contributed by atoms with Crippen molar-refractivity contribution in [1.29, 1.82) is 0 Å². The third-order valence-corrected chi connectivity index (χ3v) is 4.60. The molecule has 2 rings (SSSR count). The van der Waals surface area contributed by atoms with Gasteiger partial charge in [-0.05, 0) is 26.2 Å². The normalized spacial score (nSPS) is 26.0. The van der Waals surface area contributed by atoms with Crippen LogP contribution in [-0.2, 0) is 9.59 Å². The molecule has 0 radical (unpaired) electrons. The Morgan fingerprint density at radius 2 is 1.95 bits per heavy atom. The summed E-state index contributed by atoms with van der Waals surface area (Å²) < 4.78 is 0. The summed E-state index contributed by atoms with van der Waals surface area (Å²) in [5, 5.41) is 9.24. The van der Waals surface area contributed by atoms with E-state index in [1.807, 2.05) is 0 Å². The monoisotopic (exact) mass is 297 g/mol. The SMILES string of the molecule is CC1(C(=O)O)CCN(C(=O)N(CC(N)=O)C2CCCC2)C1. The molecule has 2 fully saturated rings. The van der Waals surface area contributed by atoms with E-state index in [1.54, 1.807) is 6.92 Å². The first-order valence-electron chi connectivity index (χ1n) is 7.41. The number of rotatable bonds is 4. The van der Waals surface area contributed by atoms with Crippen LogP contribution in [-0.4, -0.2) is 58.5 Å². The molecule has 0 aromatic heterocycles. The molecule has 0 spiro atoms. The van der Waals surface area contributed by atoms with E-state index < -0.39 is 17.3 Å². The number of nitrogens with two attached hydrogens (primary N) is 1. The van der Waals surface area contributed by atoms with Gasteiger partial charge in [0.25, 0.3) is 0 Å². The molecule has 1 atom stereocenters. The number of amides is 3. The Morgan fingerprint density at radius 3 is 2.43 bits per heavy atom. The lowest BCUT2D eigenvalue weighted by Gasteiger charge is -2.32. The van der Waals surface area contributed by atoms with E-state index in [0.29, 0.717) is 13.0 Å². The van der Waals surface area contributed by atoms with Crippen molar-refractivity contribution < 1.29 is 19.5 Å². The topological polar surface area (TPSA) is 104 Å². The lowest BCUT2D eigenvalue weighted by molar-refractivity contribution is -0.147. The van der Waals surface area contributed by atoms with Gasteiger partial charge in [0, 0.05) is 19.1 Å². The van der Waals surface area contributed by atoms with Crippen LogP contribution in [0.1, 0.15) is 39.0 Å². The van der Waals surface area contributed by atoms with Crippen molar-refractivity contribution in [1.82, 2.24) is 9.80 Å². The Morgan fingerprint density at radius 1 is 1.33 bits per heavy atom. The second kappa shape index (κ2) is 5.91. The third-order valence-electron chi connectivity index (χ3n) is 4.60. The Bertz CT molecular complexity index is 448. The fourth-order valence-electron chi connectivity index (χ4n) is 3.22. The van der Waals surface area contributed by atoms with Crippen molar-refractivity contribution in [3.05, 3.63) is 0 Å². The van der Waals surface area contributed by atoms with Crippen LogP contribution in [0.4, 0.5) is 4.79 Å². The number of aliphatic carboxylic acids is 1. The number of carbonyl (C=O) groups is 3. The molecule has 1 saturated heterocycles. The second-order valence-corrected chi connectivity index (χ2v) is 6.35. The Kier molecular flexibility index (Phi) is 4.39. The highest BCUT2D eigenvalue weighted by Crippen LogP contribution is 2.32.